The van der Waals surface area contributed by atoms with Gasteiger partial charge in [-0.25, -0.2) is 0 Å². The lowest BCUT2D eigenvalue weighted by atomic mass is 9.91. The molecular weight excluding hydrogens is 344 g/mol. The van der Waals surface area contributed by atoms with E-state index in [0.29, 0.717) is 29.9 Å². The number of rotatable bonds is 7. The largest absolute Gasteiger partial charge is 0.491 e. The first-order chi connectivity index (χ1) is 12.1. The van der Waals surface area contributed by atoms with Crippen molar-refractivity contribution in [3.8, 4) is 5.75 Å². The zero-order valence-electron chi connectivity index (χ0n) is 14.1. The minimum absolute atomic E-state index is 0.00798. The van der Waals surface area contributed by atoms with Gasteiger partial charge in [-0.15, -0.1) is 0 Å². The Bertz CT molecular complexity index is 573. The quantitative estimate of drug-likeness (QED) is 0.724. The zero-order chi connectivity index (χ0) is 17.6. The van der Waals surface area contributed by atoms with Crippen LogP contribution in [-0.2, 0) is 9.47 Å². The van der Waals surface area contributed by atoms with Crippen LogP contribution in [0.5, 0.6) is 5.75 Å². The number of aliphatic hydroxyl groups is 2. The Hall–Kier alpha value is -1.11. The van der Waals surface area contributed by atoms with Crippen molar-refractivity contribution >= 4 is 11.6 Å². The first-order valence-corrected chi connectivity index (χ1v) is 9.15. The minimum atomic E-state index is -0.744. The molecule has 5 nitrogen and oxygen atoms in total. The Morgan fingerprint density at radius 2 is 2.08 bits per heavy atom. The molecule has 0 unspecified atom stereocenters. The van der Waals surface area contributed by atoms with Crippen LogP contribution in [0.3, 0.4) is 0 Å². The average Bonchev–Trinajstić information content (AvgIpc) is 3.22. The summed E-state index contributed by atoms with van der Waals surface area (Å²) in [6, 6.07) is 7.06. The molecule has 138 valence electrons. The standard InChI is InChI=1S/C19H25ClO5/c20-14-2-1-3-16(11-14)25-12-15(21)5-6-17-13(4-7-18(17)22)10-19-23-8-9-24-19/h1-3,5-6,11,13,15,17-19,21-22H,4,7-10,12H2/b6-5+/t13-,15-,17-,18+/m1/s1. The molecule has 1 aliphatic carbocycles. The van der Waals surface area contributed by atoms with Gasteiger partial charge in [0.15, 0.2) is 6.29 Å². The molecule has 25 heavy (non-hydrogen) atoms. The topological polar surface area (TPSA) is 68.2 Å². The van der Waals surface area contributed by atoms with Crippen molar-refractivity contribution < 1.29 is 24.4 Å². The summed E-state index contributed by atoms with van der Waals surface area (Å²) in [5.74, 6) is 0.929. The van der Waals surface area contributed by atoms with Crippen LogP contribution >= 0.6 is 11.6 Å². The van der Waals surface area contributed by atoms with Crippen LogP contribution in [0.15, 0.2) is 36.4 Å². The first kappa shape index (κ1) is 18.7. The molecule has 0 amide bonds. The second-order valence-electron chi connectivity index (χ2n) is 6.61. The zero-order valence-corrected chi connectivity index (χ0v) is 14.8. The van der Waals surface area contributed by atoms with Gasteiger partial charge in [0, 0.05) is 17.4 Å². The van der Waals surface area contributed by atoms with E-state index in [4.69, 9.17) is 25.8 Å². The molecule has 1 heterocycles. The van der Waals surface area contributed by atoms with Gasteiger partial charge in [-0.1, -0.05) is 29.8 Å². The second-order valence-corrected chi connectivity index (χ2v) is 7.05. The van der Waals surface area contributed by atoms with E-state index in [1.54, 1.807) is 30.3 Å². The van der Waals surface area contributed by atoms with E-state index in [1.807, 2.05) is 6.08 Å². The molecule has 1 aromatic rings. The van der Waals surface area contributed by atoms with Crippen LogP contribution < -0.4 is 4.74 Å². The van der Waals surface area contributed by atoms with E-state index in [2.05, 4.69) is 0 Å². The van der Waals surface area contributed by atoms with Crippen molar-refractivity contribution in [3.63, 3.8) is 0 Å². The first-order valence-electron chi connectivity index (χ1n) is 8.78. The normalized spacial score (nSPS) is 28.7. The summed E-state index contributed by atoms with van der Waals surface area (Å²) in [6.45, 7) is 1.42. The molecule has 0 aromatic heterocycles. The molecule has 0 bridgehead atoms. The van der Waals surface area contributed by atoms with Crippen LogP contribution in [0.4, 0.5) is 0 Å². The van der Waals surface area contributed by atoms with Crippen molar-refractivity contribution in [3.05, 3.63) is 41.4 Å². The van der Waals surface area contributed by atoms with Gasteiger partial charge in [-0.2, -0.15) is 0 Å². The molecule has 1 saturated carbocycles. The van der Waals surface area contributed by atoms with Gasteiger partial charge in [0.25, 0.3) is 0 Å². The van der Waals surface area contributed by atoms with Crippen molar-refractivity contribution in [2.45, 2.75) is 37.8 Å². The van der Waals surface area contributed by atoms with E-state index in [-0.39, 0.29) is 24.9 Å². The predicted octanol–water partition coefficient (Wildman–Crippen LogP) is 2.79. The smallest absolute Gasteiger partial charge is 0.158 e. The van der Waals surface area contributed by atoms with E-state index < -0.39 is 6.10 Å². The SMILES string of the molecule is O[C@H](/C=C/[C@@H]1[C@@H](CC2OCCO2)CC[C@@H]1O)COc1cccc(Cl)c1. The maximum atomic E-state index is 10.2. The summed E-state index contributed by atoms with van der Waals surface area (Å²) in [6.07, 6.45) is 4.80. The van der Waals surface area contributed by atoms with Crippen LogP contribution in [-0.4, -0.2) is 48.5 Å². The highest BCUT2D eigenvalue weighted by atomic mass is 35.5. The summed E-state index contributed by atoms with van der Waals surface area (Å²) in [4.78, 5) is 0. The van der Waals surface area contributed by atoms with Crippen molar-refractivity contribution in [2.75, 3.05) is 19.8 Å². The van der Waals surface area contributed by atoms with Gasteiger partial charge < -0.3 is 24.4 Å². The third kappa shape index (κ3) is 5.43. The maximum Gasteiger partial charge on any atom is 0.158 e. The molecule has 2 aliphatic rings. The van der Waals surface area contributed by atoms with E-state index in [0.717, 1.165) is 19.3 Å². The predicted molar refractivity (Wildman–Crippen MR) is 94.6 cm³/mol. The highest BCUT2D eigenvalue weighted by Crippen LogP contribution is 2.37. The molecule has 4 atom stereocenters. The Morgan fingerprint density at radius 3 is 2.84 bits per heavy atom. The molecule has 2 fully saturated rings. The van der Waals surface area contributed by atoms with E-state index >= 15 is 0 Å². The van der Waals surface area contributed by atoms with Crippen molar-refractivity contribution in [2.24, 2.45) is 11.8 Å². The fourth-order valence-corrected chi connectivity index (χ4v) is 3.67. The maximum absolute atomic E-state index is 10.2. The van der Waals surface area contributed by atoms with Crippen molar-refractivity contribution in [1.82, 2.24) is 0 Å². The Balaban J connectivity index is 1.49. The highest BCUT2D eigenvalue weighted by Gasteiger charge is 2.35. The average molecular weight is 369 g/mol. The van der Waals surface area contributed by atoms with Gasteiger partial charge >= 0.3 is 0 Å². The molecule has 6 heteroatoms. The number of halogens is 1. The minimum Gasteiger partial charge on any atom is -0.491 e. The summed E-state index contributed by atoms with van der Waals surface area (Å²) in [5.41, 5.74) is 0. The molecule has 3 rings (SSSR count). The monoisotopic (exact) mass is 368 g/mol. The second kappa shape index (κ2) is 9.01. The van der Waals surface area contributed by atoms with Crippen molar-refractivity contribution in [1.29, 1.82) is 0 Å². The third-order valence-electron chi connectivity index (χ3n) is 4.78. The number of benzene rings is 1. The van der Waals surface area contributed by atoms with Crippen LogP contribution in [0.2, 0.25) is 5.02 Å². The Labute approximate surface area is 153 Å². The highest BCUT2D eigenvalue weighted by molar-refractivity contribution is 6.30. The Kier molecular flexibility index (Phi) is 6.73. The summed E-state index contributed by atoms with van der Waals surface area (Å²) < 4.78 is 16.6. The molecule has 2 N–H and O–H groups in total. The van der Waals surface area contributed by atoms with Gasteiger partial charge in [0.1, 0.15) is 18.5 Å². The fourth-order valence-electron chi connectivity index (χ4n) is 3.49. The van der Waals surface area contributed by atoms with Gasteiger partial charge in [0.05, 0.1) is 19.3 Å². The molecule has 1 saturated heterocycles. The van der Waals surface area contributed by atoms with Gasteiger partial charge in [-0.3, -0.25) is 0 Å². The van der Waals surface area contributed by atoms with Crippen LogP contribution in [0, 0.1) is 11.8 Å². The molecule has 1 aliphatic heterocycles. The number of hydrogen-bond acceptors (Lipinski definition) is 5. The van der Waals surface area contributed by atoms with Crippen LogP contribution in [0.1, 0.15) is 19.3 Å². The summed E-state index contributed by atoms with van der Waals surface area (Å²) >= 11 is 5.90. The molecule has 0 spiro atoms. The molecule has 1 aromatic carbocycles. The summed E-state index contributed by atoms with van der Waals surface area (Å²) in [7, 11) is 0. The lowest BCUT2D eigenvalue weighted by molar-refractivity contribution is -0.0601. The lowest BCUT2D eigenvalue weighted by Gasteiger charge is -2.21. The van der Waals surface area contributed by atoms with E-state index in [1.165, 1.54) is 0 Å². The third-order valence-corrected chi connectivity index (χ3v) is 5.02. The number of hydrogen-bond donors (Lipinski definition) is 2. The van der Waals surface area contributed by atoms with Crippen LogP contribution in [0.25, 0.3) is 0 Å². The van der Waals surface area contributed by atoms with Gasteiger partial charge in [0.2, 0.25) is 0 Å². The Morgan fingerprint density at radius 1 is 1.28 bits per heavy atom. The fraction of sp³-hybridized carbons (Fsp3) is 0.579. The number of aliphatic hydroxyl groups excluding tert-OH is 2. The summed E-state index contributed by atoms with van der Waals surface area (Å²) in [5, 5.41) is 20.9. The lowest BCUT2D eigenvalue weighted by Crippen LogP contribution is -2.23. The molecular formula is C19H25ClO5. The van der Waals surface area contributed by atoms with Gasteiger partial charge in [-0.05, 0) is 37.0 Å². The number of ether oxygens (including phenoxy) is 3. The molecule has 0 radical (unpaired) electrons. The van der Waals surface area contributed by atoms with E-state index in [9.17, 15) is 10.2 Å².